The van der Waals surface area contributed by atoms with E-state index in [0.717, 1.165) is 24.2 Å². The third kappa shape index (κ3) is 8.63. The number of hydrogen-bond donors (Lipinski definition) is 0. The Morgan fingerprint density at radius 3 is 2.06 bits per heavy atom. The molecule has 0 spiro atoms. The average Bonchev–Trinajstić information content (AvgIpc) is 2.10. The fraction of sp³-hybridized carbons (Fsp3) is 1.00. The first kappa shape index (κ1) is 14.6. The van der Waals surface area contributed by atoms with Gasteiger partial charge >= 0.3 is 6.80 Å². The quantitative estimate of drug-likeness (QED) is 0.559. The molecule has 3 nitrogen and oxygen atoms in total. The summed E-state index contributed by atoms with van der Waals surface area (Å²) in [6, 6.07) is 0. The van der Waals surface area contributed by atoms with Crippen molar-refractivity contribution in [2.75, 3.05) is 5.73 Å². The summed E-state index contributed by atoms with van der Waals surface area (Å²) in [5, 5.41) is 0. The molecular formula is C11H25O3PS. The van der Waals surface area contributed by atoms with Crippen molar-refractivity contribution in [3.8, 4) is 0 Å². The first-order chi connectivity index (χ1) is 7.79. The van der Waals surface area contributed by atoms with E-state index in [1.807, 2.05) is 27.7 Å². The zero-order valence-electron chi connectivity index (χ0n) is 11.9. The molecule has 0 aromatic rings. The van der Waals surface area contributed by atoms with Crippen molar-refractivity contribution in [2.45, 2.75) is 66.1 Å². The zero-order chi connectivity index (χ0) is 13.5. The molecule has 0 aliphatic heterocycles. The lowest BCUT2D eigenvalue weighted by Crippen LogP contribution is -2.06. The zero-order valence-corrected chi connectivity index (χ0v) is 12.6. The van der Waals surface area contributed by atoms with Crippen molar-refractivity contribution in [2.24, 2.45) is 0 Å². The van der Waals surface area contributed by atoms with Gasteiger partial charge in [-0.2, -0.15) is 0 Å². The highest BCUT2D eigenvalue weighted by Gasteiger charge is 2.28. The molecular weight excluding hydrogens is 243 g/mol. The van der Waals surface area contributed by atoms with Crippen LogP contribution in [0.1, 0.15) is 55.3 Å². The molecule has 0 radical (unpaired) electrons. The topological polar surface area (TPSA) is 35.5 Å². The highest BCUT2D eigenvalue weighted by molar-refractivity contribution is 8.55. The van der Waals surface area contributed by atoms with E-state index in [4.69, 9.17) is 10.4 Å². The van der Waals surface area contributed by atoms with Crippen LogP contribution < -0.4 is 0 Å². The van der Waals surface area contributed by atoms with Crippen molar-refractivity contribution in [1.29, 1.82) is 0 Å². The summed E-state index contributed by atoms with van der Waals surface area (Å²) >= 11 is 1.02. The predicted molar refractivity (Wildman–Crippen MR) is 72.0 cm³/mol. The van der Waals surface area contributed by atoms with Gasteiger partial charge in [0.15, 0.2) is 0 Å². The summed E-state index contributed by atoms with van der Waals surface area (Å²) in [7, 11) is 0. The minimum absolute atomic E-state index is 0.162. The molecule has 98 valence electrons. The van der Waals surface area contributed by atoms with Gasteiger partial charge in [0.05, 0.1) is 12.2 Å². The van der Waals surface area contributed by atoms with Crippen LogP contribution in [0.5, 0.6) is 0 Å². The smallest absolute Gasteiger partial charge is 0.298 e. The Hall–Kier alpha value is 0.500. The Kier molecular flexibility index (Phi) is 7.80. The molecule has 0 aromatic heterocycles. The molecule has 0 rings (SSSR count). The maximum Gasteiger partial charge on any atom is 0.389 e. The van der Waals surface area contributed by atoms with Crippen LogP contribution in [0.4, 0.5) is 0 Å². The first-order valence-corrected chi connectivity index (χ1v) is 8.89. The van der Waals surface area contributed by atoms with Crippen LogP contribution in [0.25, 0.3) is 0 Å². The van der Waals surface area contributed by atoms with Crippen LogP contribution in [0.15, 0.2) is 0 Å². The second-order valence-corrected chi connectivity index (χ2v) is 8.00. The maximum absolute atomic E-state index is 12.4. The predicted octanol–water partition coefficient (Wildman–Crippen LogP) is 4.87. The first-order valence-electron chi connectivity index (χ1n) is 6.44. The van der Waals surface area contributed by atoms with E-state index in [1.165, 1.54) is 0 Å². The molecule has 0 amide bonds. The summed E-state index contributed by atoms with van der Waals surface area (Å²) in [5.74, 6) is 0. The third-order valence-corrected chi connectivity index (χ3v) is 5.30. The highest BCUT2D eigenvalue weighted by Crippen LogP contribution is 2.62. The molecule has 1 atom stereocenters. The molecule has 0 aromatic carbocycles. The molecule has 0 saturated carbocycles. The van der Waals surface area contributed by atoms with Gasteiger partial charge < -0.3 is 0 Å². The van der Waals surface area contributed by atoms with Crippen LogP contribution in [-0.2, 0) is 13.6 Å². The number of hydrogen-bond acceptors (Lipinski definition) is 4. The van der Waals surface area contributed by atoms with Crippen LogP contribution in [-0.4, -0.2) is 17.9 Å². The van der Waals surface area contributed by atoms with E-state index in [9.17, 15) is 4.57 Å². The summed E-state index contributed by atoms with van der Waals surface area (Å²) in [4.78, 5) is 0. The van der Waals surface area contributed by atoms with E-state index in [0.29, 0.717) is 6.42 Å². The van der Waals surface area contributed by atoms with Gasteiger partial charge in [0.25, 0.3) is 0 Å². The average molecular weight is 269 g/mol. The lowest BCUT2D eigenvalue weighted by Gasteiger charge is -2.21. The number of rotatable bonds is 9. The van der Waals surface area contributed by atoms with Gasteiger partial charge in [-0.25, -0.2) is 4.57 Å². The summed E-state index contributed by atoms with van der Waals surface area (Å²) in [6.45, 7) is 6.16. The number of unbranched alkanes of at least 4 members (excludes halogenated alkanes) is 1. The molecule has 0 N–H and O–H groups in total. The Labute approximate surface area is 105 Å². The van der Waals surface area contributed by atoms with Gasteiger partial charge in [0.2, 0.25) is 0 Å². The summed E-state index contributed by atoms with van der Waals surface area (Å²) in [6.07, 6.45) is 2.39. The van der Waals surface area contributed by atoms with Crippen molar-refractivity contribution >= 4 is 18.2 Å². The van der Waals surface area contributed by atoms with Crippen LogP contribution in [0.3, 0.4) is 0 Å². The molecule has 0 aliphatic rings. The van der Waals surface area contributed by atoms with Gasteiger partial charge in [-0.1, -0.05) is 19.8 Å². The van der Waals surface area contributed by atoms with E-state index in [-0.39, 0.29) is 12.2 Å². The molecule has 0 heterocycles. The Bertz CT molecular complexity index is 235. The van der Waals surface area contributed by atoms with Crippen molar-refractivity contribution < 1.29 is 15.0 Å². The molecule has 0 saturated heterocycles. The monoisotopic (exact) mass is 269 g/mol. The minimum Gasteiger partial charge on any atom is -0.298 e. The standard InChI is InChI=1S/C11H25O3PS/c1-6-7-8-9-16-15(12,13-10(2)3)14-11(4)5/h10-11H,6-9H2,1-5H3/i9D. The molecule has 0 bridgehead atoms. The molecule has 16 heavy (non-hydrogen) atoms. The fourth-order valence-electron chi connectivity index (χ4n) is 1.02. The fourth-order valence-corrected chi connectivity index (χ4v) is 4.85. The lowest BCUT2D eigenvalue weighted by atomic mass is 10.3. The summed E-state index contributed by atoms with van der Waals surface area (Å²) < 4.78 is 31.0. The van der Waals surface area contributed by atoms with Gasteiger partial charge in [0.1, 0.15) is 0 Å². The third-order valence-electron chi connectivity index (χ3n) is 1.56. The van der Waals surface area contributed by atoms with Gasteiger partial charge in [-0.05, 0) is 45.5 Å². The second kappa shape index (κ2) is 8.57. The van der Waals surface area contributed by atoms with Crippen molar-refractivity contribution in [1.82, 2.24) is 0 Å². The van der Waals surface area contributed by atoms with Crippen molar-refractivity contribution in [3.05, 3.63) is 0 Å². The van der Waals surface area contributed by atoms with Gasteiger partial charge in [0, 0.05) is 7.10 Å². The van der Waals surface area contributed by atoms with Gasteiger partial charge in [-0.3, -0.25) is 9.05 Å². The normalized spacial score (nSPS) is 15.6. The van der Waals surface area contributed by atoms with Crippen molar-refractivity contribution in [3.63, 3.8) is 0 Å². The Morgan fingerprint density at radius 2 is 1.69 bits per heavy atom. The largest absolute Gasteiger partial charge is 0.389 e. The Balaban J connectivity index is 4.41. The van der Waals surface area contributed by atoms with Crippen LogP contribution >= 0.6 is 18.2 Å². The second-order valence-electron chi connectivity index (χ2n) is 4.17. The highest BCUT2D eigenvalue weighted by atomic mass is 32.7. The van der Waals surface area contributed by atoms with E-state index in [2.05, 4.69) is 6.92 Å². The maximum atomic E-state index is 12.4. The lowest BCUT2D eigenvalue weighted by molar-refractivity contribution is 0.156. The Morgan fingerprint density at radius 1 is 1.19 bits per heavy atom. The molecule has 5 heteroatoms. The van der Waals surface area contributed by atoms with E-state index in [1.54, 1.807) is 0 Å². The molecule has 0 fully saturated rings. The van der Waals surface area contributed by atoms with E-state index >= 15 is 0 Å². The minimum atomic E-state index is -3.20. The molecule has 0 aliphatic carbocycles. The van der Waals surface area contributed by atoms with Crippen LogP contribution in [0, 0.1) is 0 Å². The van der Waals surface area contributed by atoms with Crippen LogP contribution in [0.2, 0.25) is 0 Å². The summed E-state index contributed by atoms with van der Waals surface area (Å²) in [5.41, 5.74) is -0.446. The van der Waals surface area contributed by atoms with Gasteiger partial charge in [-0.15, -0.1) is 0 Å². The molecule has 1 unspecified atom stereocenters. The van der Waals surface area contributed by atoms with E-state index < -0.39 is 12.5 Å². The SMILES string of the molecule is [2H]C(CCCC)SP(=O)(OC(C)C)OC(C)C.